The van der Waals surface area contributed by atoms with Crippen molar-refractivity contribution in [2.75, 3.05) is 23.3 Å². The van der Waals surface area contributed by atoms with E-state index in [2.05, 4.69) is 44.8 Å². The maximum Gasteiger partial charge on any atom is 0.471 e. The summed E-state index contributed by atoms with van der Waals surface area (Å²) >= 11 is 1.54. The van der Waals surface area contributed by atoms with Gasteiger partial charge in [0.15, 0.2) is 5.13 Å². The fourth-order valence-electron chi connectivity index (χ4n) is 3.78. The number of hydrogen-bond acceptors (Lipinski definition) is 10. The lowest BCUT2D eigenvalue weighted by atomic mass is 9.94. The van der Waals surface area contributed by atoms with E-state index in [0.717, 1.165) is 40.9 Å². The molecule has 0 radical (unpaired) electrons. The first-order chi connectivity index (χ1) is 16.3. The minimum Gasteiger partial charge on any atom is -0.356 e. The molecule has 1 N–H and O–H groups in total. The lowest BCUT2D eigenvalue weighted by Gasteiger charge is -2.33. The van der Waals surface area contributed by atoms with Gasteiger partial charge in [0.1, 0.15) is 23.7 Å². The van der Waals surface area contributed by atoms with Crippen LogP contribution in [0.25, 0.3) is 11.5 Å². The Hall–Kier alpha value is -3.61. The Morgan fingerprint density at radius 2 is 2.06 bits per heavy atom. The molecule has 1 atom stereocenters. The van der Waals surface area contributed by atoms with Gasteiger partial charge in [0.05, 0.1) is 0 Å². The van der Waals surface area contributed by atoms with Crippen LogP contribution in [0.2, 0.25) is 0 Å². The number of hydrogen-bond donors (Lipinski definition) is 1. The van der Waals surface area contributed by atoms with Crippen molar-refractivity contribution in [3.05, 3.63) is 53.3 Å². The number of halogens is 3. The molecular weight excluding hydrogens is 469 g/mol. The van der Waals surface area contributed by atoms with Crippen LogP contribution in [0.4, 0.5) is 29.9 Å². The fourth-order valence-corrected chi connectivity index (χ4v) is 4.45. The van der Waals surface area contributed by atoms with Crippen molar-refractivity contribution in [3.63, 3.8) is 0 Å². The van der Waals surface area contributed by atoms with Crippen LogP contribution in [0.5, 0.6) is 0 Å². The highest BCUT2D eigenvalue weighted by Crippen LogP contribution is 2.32. The summed E-state index contributed by atoms with van der Waals surface area (Å²) in [6, 6.07) is 7.04. The summed E-state index contributed by atoms with van der Waals surface area (Å²) in [6.07, 6.45) is 0.409. The molecule has 34 heavy (non-hydrogen) atoms. The molecule has 0 aromatic carbocycles. The number of thiazole rings is 1. The van der Waals surface area contributed by atoms with Crippen molar-refractivity contribution >= 4 is 28.1 Å². The number of piperidine rings is 1. The van der Waals surface area contributed by atoms with E-state index in [4.69, 9.17) is 0 Å². The van der Waals surface area contributed by atoms with Crippen molar-refractivity contribution in [2.45, 2.75) is 31.9 Å². The predicted molar refractivity (Wildman–Crippen MR) is 119 cm³/mol. The fraction of sp³-hybridized carbons (Fsp3) is 0.333. The van der Waals surface area contributed by atoms with Crippen molar-refractivity contribution < 1.29 is 17.7 Å². The maximum atomic E-state index is 12.8. The van der Waals surface area contributed by atoms with Gasteiger partial charge < -0.3 is 14.7 Å². The number of nitrogens with one attached hydrogen (secondary N) is 1. The average molecular weight is 488 g/mol. The number of rotatable bonds is 5. The van der Waals surface area contributed by atoms with Crippen LogP contribution in [0.1, 0.15) is 35.2 Å². The van der Waals surface area contributed by atoms with Gasteiger partial charge in [-0.15, -0.1) is 11.3 Å². The molecule has 0 saturated carbocycles. The van der Waals surface area contributed by atoms with Crippen molar-refractivity contribution in [1.29, 1.82) is 0 Å². The van der Waals surface area contributed by atoms with Crippen LogP contribution in [0.3, 0.4) is 0 Å². The zero-order chi connectivity index (χ0) is 23.7. The second-order valence-electron chi connectivity index (χ2n) is 7.82. The highest BCUT2D eigenvalue weighted by molar-refractivity contribution is 7.15. The predicted octanol–water partition coefficient (Wildman–Crippen LogP) is 4.83. The Labute approximate surface area is 196 Å². The number of aromatic nitrogens is 6. The summed E-state index contributed by atoms with van der Waals surface area (Å²) in [5.74, 6) is -0.0834. The molecule has 4 aromatic rings. The van der Waals surface area contributed by atoms with Gasteiger partial charge >= 0.3 is 12.1 Å². The van der Waals surface area contributed by atoms with E-state index < -0.39 is 12.1 Å². The highest BCUT2D eigenvalue weighted by Gasteiger charge is 2.38. The smallest absolute Gasteiger partial charge is 0.356 e. The third-order valence-electron chi connectivity index (χ3n) is 5.34. The first kappa shape index (κ1) is 22.2. The molecule has 5 rings (SSSR count). The molecule has 1 fully saturated rings. The third-order valence-corrected chi connectivity index (χ3v) is 6.17. The Bertz CT molecular complexity index is 1290. The van der Waals surface area contributed by atoms with Crippen LogP contribution < -0.4 is 10.2 Å². The summed E-state index contributed by atoms with van der Waals surface area (Å²) in [5, 5.41) is 7.40. The second kappa shape index (κ2) is 8.97. The standard InChI is InChI=1S/C21H19F3N8OS/c1-12-9-25-20(34-12)29-16-8-17(27-11-26-16)32-7-3-4-13(10-32)14-5-2-6-15(28-14)18-30-19(33-31-18)21(22,23)24/h2,5-6,8-9,11,13H,3-4,7,10H2,1H3,(H,25,26,27,29)/t13-/m0/s1. The summed E-state index contributed by atoms with van der Waals surface area (Å²) in [5.41, 5.74) is 0.993. The number of nitrogens with zero attached hydrogens (tertiary/aromatic N) is 7. The minimum absolute atomic E-state index is 0.0654. The Morgan fingerprint density at radius 3 is 2.82 bits per heavy atom. The second-order valence-corrected chi connectivity index (χ2v) is 9.05. The zero-order valence-corrected chi connectivity index (χ0v) is 18.8. The molecule has 0 amide bonds. The Kier molecular flexibility index (Phi) is 5.86. The van der Waals surface area contributed by atoms with E-state index in [9.17, 15) is 13.2 Å². The Morgan fingerprint density at radius 1 is 1.18 bits per heavy atom. The van der Waals surface area contributed by atoms with E-state index in [0.29, 0.717) is 12.4 Å². The van der Waals surface area contributed by atoms with Crippen LogP contribution in [0, 0.1) is 6.92 Å². The first-order valence-electron chi connectivity index (χ1n) is 10.5. The van der Waals surface area contributed by atoms with E-state index in [1.54, 1.807) is 29.7 Å². The third kappa shape index (κ3) is 4.83. The van der Waals surface area contributed by atoms with E-state index >= 15 is 0 Å². The van der Waals surface area contributed by atoms with Gasteiger partial charge in [-0.2, -0.15) is 18.2 Å². The molecule has 5 heterocycles. The number of anilines is 3. The van der Waals surface area contributed by atoms with E-state index in [1.165, 1.54) is 6.33 Å². The lowest BCUT2D eigenvalue weighted by molar-refractivity contribution is -0.159. The molecule has 0 bridgehead atoms. The number of aryl methyl sites for hydroxylation is 1. The number of pyridine rings is 1. The van der Waals surface area contributed by atoms with Crippen molar-refractivity contribution in [2.24, 2.45) is 0 Å². The van der Waals surface area contributed by atoms with Crippen molar-refractivity contribution in [1.82, 2.24) is 30.1 Å². The van der Waals surface area contributed by atoms with E-state index in [1.807, 2.05) is 19.1 Å². The molecule has 1 saturated heterocycles. The van der Waals surface area contributed by atoms with Crippen LogP contribution in [-0.2, 0) is 6.18 Å². The lowest BCUT2D eigenvalue weighted by Crippen LogP contribution is -2.35. The molecule has 0 aliphatic carbocycles. The highest BCUT2D eigenvalue weighted by atomic mass is 32.1. The topological polar surface area (TPSA) is 106 Å². The summed E-state index contributed by atoms with van der Waals surface area (Å²) in [6.45, 7) is 3.46. The summed E-state index contributed by atoms with van der Waals surface area (Å²) in [7, 11) is 0. The van der Waals surface area contributed by atoms with Crippen LogP contribution >= 0.6 is 11.3 Å². The molecular formula is C21H19F3N8OS. The Balaban J connectivity index is 1.33. The molecule has 13 heteroatoms. The average Bonchev–Trinajstić information content (AvgIpc) is 3.49. The SMILES string of the molecule is Cc1cnc(Nc2cc(N3CCC[C@H](c4cccc(-c5noc(C(F)(F)F)n5)n4)C3)ncn2)s1. The van der Waals surface area contributed by atoms with Gasteiger partial charge in [0.25, 0.3) is 0 Å². The van der Waals surface area contributed by atoms with Crippen molar-refractivity contribution in [3.8, 4) is 11.5 Å². The van der Waals surface area contributed by atoms with Gasteiger partial charge in [-0.25, -0.2) is 19.9 Å². The van der Waals surface area contributed by atoms with Gasteiger partial charge in [0, 0.05) is 41.8 Å². The quantitative estimate of drug-likeness (QED) is 0.423. The molecule has 0 unspecified atom stereocenters. The maximum absolute atomic E-state index is 12.8. The largest absolute Gasteiger partial charge is 0.471 e. The van der Waals surface area contributed by atoms with Gasteiger partial charge in [-0.3, -0.25) is 0 Å². The van der Waals surface area contributed by atoms with Gasteiger partial charge in [0.2, 0.25) is 5.82 Å². The van der Waals surface area contributed by atoms with Gasteiger partial charge in [-0.1, -0.05) is 11.2 Å². The molecule has 1 aliphatic rings. The summed E-state index contributed by atoms with van der Waals surface area (Å²) in [4.78, 5) is 24.2. The monoisotopic (exact) mass is 488 g/mol. The van der Waals surface area contributed by atoms with Crippen LogP contribution in [-0.4, -0.2) is 43.2 Å². The van der Waals surface area contributed by atoms with Gasteiger partial charge in [-0.05, 0) is 31.9 Å². The molecule has 9 nitrogen and oxygen atoms in total. The normalized spacial score (nSPS) is 16.6. The first-order valence-corrected chi connectivity index (χ1v) is 11.3. The summed E-state index contributed by atoms with van der Waals surface area (Å²) < 4.78 is 42.7. The number of alkyl halides is 3. The molecule has 1 aliphatic heterocycles. The van der Waals surface area contributed by atoms with E-state index in [-0.39, 0.29) is 17.4 Å². The van der Waals surface area contributed by atoms with Crippen LogP contribution in [0.15, 0.2) is 41.3 Å². The molecule has 0 spiro atoms. The molecule has 4 aromatic heterocycles. The molecule has 176 valence electrons. The zero-order valence-electron chi connectivity index (χ0n) is 18.0. The minimum atomic E-state index is -4.70.